The van der Waals surface area contributed by atoms with Gasteiger partial charge in [0.1, 0.15) is 5.82 Å². The highest BCUT2D eigenvalue weighted by atomic mass is 15.5. The summed E-state index contributed by atoms with van der Waals surface area (Å²) < 4.78 is 3.59. The summed E-state index contributed by atoms with van der Waals surface area (Å²) in [6.45, 7) is 2.22. The molecular weight excluding hydrogens is 258 g/mol. The zero-order valence-corrected chi connectivity index (χ0v) is 10.9. The van der Waals surface area contributed by atoms with Crippen molar-refractivity contribution in [1.82, 2.24) is 34.7 Å². The molecule has 9 heteroatoms. The fraction of sp³-hybridized carbons (Fsp3) is 0.364. The summed E-state index contributed by atoms with van der Waals surface area (Å²) >= 11 is 0. The van der Waals surface area contributed by atoms with Gasteiger partial charge in [0.2, 0.25) is 5.95 Å². The molecular formula is C11H13N9. The molecule has 0 saturated heterocycles. The van der Waals surface area contributed by atoms with Crippen molar-refractivity contribution in [3.8, 4) is 0 Å². The predicted molar refractivity (Wildman–Crippen MR) is 71.8 cm³/mol. The van der Waals surface area contributed by atoms with Crippen LogP contribution < -0.4 is 10.6 Å². The highest BCUT2D eigenvalue weighted by Crippen LogP contribution is 2.22. The van der Waals surface area contributed by atoms with Crippen LogP contribution in [0.25, 0.3) is 11.0 Å². The molecule has 0 amide bonds. The van der Waals surface area contributed by atoms with Gasteiger partial charge in [-0.1, -0.05) is 5.21 Å². The number of nitrogens with zero attached hydrogens (tertiary/aromatic N) is 8. The fourth-order valence-electron chi connectivity index (χ4n) is 2.42. The van der Waals surface area contributed by atoms with E-state index in [1.54, 1.807) is 17.1 Å². The molecule has 0 bridgehead atoms. The maximum atomic E-state index is 5.99. The smallest absolute Gasteiger partial charge is 0.229 e. The third-order valence-corrected chi connectivity index (χ3v) is 3.53. The van der Waals surface area contributed by atoms with Gasteiger partial charge in [0.25, 0.3) is 0 Å². The molecule has 9 nitrogen and oxygen atoms in total. The minimum absolute atomic E-state index is 0.454. The minimum atomic E-state index is 0.454. The van der Waals surface area contributed by atoms with Gasteiger partial charge >= 0.3 is 0 Å². The zero-order valence-electron chi connectivity index (χ0n) is 10.9. The maximum absolute atomic E-state index is 5.99. The first-order valence-corrected chi connectivity index (χ1v) is 6.30. The van der Waals surface area contributed by atoms with Gasteiger partial charge in [-0.15, -0.1) is 5.10 Å². The Bertz CT molecular complexity index is 786. The van der Waals surface area contributed by atoms with E-state index in [1.807, 2.05) is 11.7 Å². The van der Waals surface area contributed by atoms with Crippen molar-refractivity contribution < 1.29 is 0 Å². The molecule has 0 aromatic carbocycles. The van der Waals surface area contributed by atoms with E-state index in [1.165, 1.54) is 0 Å². The average Bonchev–Trinajstić information content (AvgIpc) is 3.05. The maximum Gasteiger partial charge on any atom is 0.229 e. The first kappa shape index (κ1) is 11.1. The average molecular weight is 271 g/mol. The molecule has 2 N–H and O–H groups in total. The van der Waals surface area contributed by atoms with Crippen LogP contribution in [0.2, 0.25) is 0 Å². The highest BCUT2D eigenvalue weighted by molar-refractivity contribution is 5.86. The van der Waals surface area contributed by atoms with E-state index in [9.17, 15) is 0 Å². The van der Waals surface area contributed by atoms with Gasteiger partial charge in [-0.3, -0.25) is 4.68 Å². The Kier molecular flexibility index (Phi) is 2.17. The van der Waals surface area contributed by atoms with E-state index >= 15 is 0 Å². The highest BCUT2D eigenvalue weighted by Gasteiger charge is 2.21. The molecule has 0 spiro atoms. The molecule has 4 rings (SSSR count). The molecule has 3 aromatic heterocycles. The SMILES string of the molecule is Cn1ncc2c(N)nc(N3CCn4nncc4C3)nc21. The number of fused-ring (bicyclic) bond motifs is 2. The number of aryl methyl sites for hydroxylation is 1. The normalized spacial score (nSPS) is 14.8. The largest absolute Gasteiger partial charge is 0.383 e. The molecule has 102 valence electrons. The quantitative estimate of drug-likeness (QED) is 0.639. The summed E-state index contributed by atoms with van der Waals surface area (Å²) in [6.07, 6.45) is 3.45. The van der Waals surface area contributed by atoms with Gasteiger partial charge in [0.05, 0.1) is 36.6 Å². The van der Waals surface area contributed by atoms with Gasteiger partial charge in [-0.2, -0.15) is 15.1 Å². The third kappa shape index (κ3) is 1.52. The summed E-state index contributed by atoms with van der Waals surface area (Å²) in [4.78, 5) is 11.0. The molecule has 0 atom stereocenters. The Hall–Kier alpha value is -2.71. The van der Waals surface area contributed by atoms with Crippen molar-refractivity contribution in [2.45, 2.75) is 13.1 Å². The standard InChI is InChI=1S/C11H13N9/c1-18-10-8(5-14-18)9(12)15-11(16-10)19-2-3-20-7(6-19)4-13-17-20/h4-5H,2-3,6H2,1H3,(H2,12,15,16). The van der Waals surface area contributed by atoms with Gasteiger partial charge in [-0.05, 0) is 0 Å². The molecule has 0 fully saturated rings. The van der Waals surface area contributed by atoms with Crippen molar-refractivity contribution in [3.63, 3.8) is 0 Å². The lowest BCUT2D eigenvalue weighted by Gasteiger charge is -2.27. The molecule has 1 aliphatic heterocycles. The lowest BCUT2D eigenvalue weighted by molar-refractivity contribution is 0.503. The third-order valence-electron chi connectivity index (χ3n) is 3.53. The number of hydrogen-bond acceptors (Lipinski definition) is 7. The molecule has 0 radical (unpaired) electrons. The van der Waals surface area contributed by atoms with Crippen LogP contribution in [0.4, 0.5) is 11.8 Å². The summed E-state index contributed by atoms with van der Waals surface area (Å²) in [5.74, 6) is 1.07. The van der Waals surface area contributed by atoms with Gasteiger partial charge in [-0.25, -0.2) is 4.68 Å². The molecule has 0 unspecified atom stereocenters. The zero-order chi connectivity index (χ0) is 13.7. The van der Waals surface area contributed by atoms with E-state index in [-0.39, 0.29) is 0 Å². The van der Waals surface area contributed by atoms with E-state index < -0.39 is 0 Å². The predicted octanol–water partition coefficient (Wildman–Crippen LogP) is -0.443. The van der Waals surface area contributed by atoms with Crippen LogP contribution in [-0.4, -0.2) is 41.3 Å². The molecule has 1 aliphatic rings. The fourth-order valence-corrected chi connectivity index (χ4v) is 2.42. The van der Waals surface area contributed by atoms with Crippen molar-refractivity contribution in [1.29, 1.82) is 0 Å². The van der Waals surface area contributed by atoms with E-state index in [0.717, 1.165) is 29.8 Å². The molecule has 20 heavy (non-hydrogen) atoms. The number of anilines is 2. The summed E-state index contributed by atoms with van der Waals surface area (Å²) in [5, 5.41) is 12.9. The molecule has 3 aromatic rings. The van der Waals surface area contributed by atoms with Crippen molar-refractivity contribution in [2.24, 2.45) is 7.05 Å². The molecule has 4 heterocycles. The summed E-state index contributed by atoms with van der Waals surface area (Å²) in [6, 6.07) is 0. The summed E-state index contributed by atoms with van der Waals surface area (Å²) in [5.41, 5.74) is 7.78. The van der Waals surface area contributed by atoms with Crippen molar-refractivity contribution >= 4 is 22.8 Å². The van der Waals surface area contributed by atoms with Crippen LogP contribution in [0.1, 0.15) is 5.69 Å². The van der Waals surface area contributed by atoms with E-state index in [2.05, 4.69) is 30.3 Å². The van der Waals surface area contributed by atoms with Crippen LogP contribution in [0, 0.1) is 0 Å². The Balaban J connectivity index is 1.77. The Morgan fingerprint density at radius 2 is 2.10 bits per heavy atom. The second kappa shape index (κ2) is 3.89. The Morgan fingerprint density at radius 3 is 3.00 bits per heavy atom. The second-order valence-electron chi connectivity index (χ2n) is 4.78. The van der Waals surface area contributed by atoms with Gasteiger partial charge < -0.3 is 10.6 Å². The van der Waals surface area contributed by atoms with Crippen molar-refractivity contribution in [2.75, 3.05) is 17.2 Å². The monoisotopic (exact) mass is 271 g/mol. The number of rotatable bonds is 1. The van der Waals surface area contributed by atoms with Gasteiger partial charge in [0, 0.05) is 13.6 Å². The van der Waals surface area contributed by atoms with Crippen LogP contribution in [0.3, 0.4) is 0 Å². The van der Waals surface area contributed by atoms with E-state index in [4.69, 9.17) is 5.73 Å². The van der Waals surface area contributed by atoms with Crippen LogP contribution in [0.15, 0.2) is 12.4 Å². The molecule has 0 aliphatic carbocycles. The van der Waals surface area contributed by atoms with Crippen molar-refractivity contribution in [3.05, 3.63) is 18.1 Å². The lowest BCUT2D eigenvalue weighted by Crippen LogP contribution is -2.35. The minimum Gasteiger partial charge on any atom is -0.383 e. The number of aromatic nitrogens is 7. The van der Waals surface area contributed by atoms with Crippen LogP contribution in [0.5, 0.6) is 0 Å². The second-order valence-corrected chi connectivity index (χ2v) is 4.78. The number of nitrogen functional groups attached to an aromatic ring is 1. The lowest BCUT2D eigenvalue weighted by atomic mass is 10.3. The van der Waals surface area contributed by atoms with E-state index in [0.29, 0.717) is 18.3 Å². The topological polar surface area (TPSA) is 104 Å². The summed E-state index contributed by atoms with van der Waals surface area (Å²) in [7, 11) is 1.84. The Labute approximate surface area is 114 Å². The first-order chi connectivity index (χ1) is 9.72. The number of nitrogens with two attached hydrogens (primary N) is 1. The Morgan fingerprint density at radius 1 is 1.20 bits per heavy atom. The van der Waals surface area contributed by atoms with Crippen LogP contribution in [-0.2, 0) is 20.1 Å². The van der Waals surface area contributed by atoms with Gasteiger partial charge in [0.15, 0.2) is 5.65 Å². The van der Waals surface area contributed by atoms with Crippen LogP contribution >= 0.6 is 0 Å². The number of hydrogen-bond donors (Lipinski definition) is 1. The first-order valence-electron chi connectivity index (χ1n) is 6.30. The molecule has 0 saturated carbocycles.